The number of amides is 1. The van der Waals surface area contributed by atoms with Gasteiger partial charge in [-0.15, -0.1) is 19.0 Å². The van der Waals surface area contributed by atoms with Gasteiger partial charge < -0.3 is 20.5 Å². The van der Waals surface area contributed by atoms with Gasteiger partial charge in [-0.05, 0) is 40.5 Å². The van der Waals surface area contributed by atoms with Crippen molar-refractivity contribution in [2.24, 2.45) is 5.73 Å². The molecule has 0 saturated carbocycles. The summed E-state index contributed by atoms with van der Waals surface area (Å²) in [6.45, 7) is 7.25. The zero-order valence-electron chi connectivity index (χ0n) is 11.9. The number of nitrogens with one attached hydrogen (secondary N) is 1. The van der Waals surface area contributed by atoms with Gasteiger partial charge in [-0.2, -0.15) is 0 Å². The minimum Gasteiger partial charge on any atom is -0.490 e. The van der Waals surface area contributed by atoms with E-state index in [0.717, 1.165) is 16.6 Å². The van der Waals surface area contributed by atoms with Gasteiger partial charge in [0.1, 0.15) is 0 Å². The molecule has 0 spiro atoms. The summed E-state index contributed by atoms with van der Waals surface area (Å²) in [5.74, 6) is 0.535. The summed E-state index contributed by atoms with van der Waals surface area (Å²) in [6, 6.07) is 3.79. The van der Waals surface area contributed by atoms with Gasteiger partial charge in [-0.1, -0.05) is 6.08 Å². The molecule has 21 heavy (non-hydrogen) atoms. The number of hydrogen-bond donors (Lipinski definition) is 2. The number of ether oxygens (including phenoxy) is 2. The summed E-state index contributed by atoms with van der Waals surface area (Å²) in [5.41, 5.74) is 6.12. The van der Waals surface area contributed by atoms with Crippen LogP contribution in [0.2, 0.25) is 0 Å². The van der Waals surface area contributed by atoms with Crippen molar-refractivity contribution in [3.8, 4) is 11.5 Å². The Morgan fingerprint density at radius 2 is 2.19 bits per heavy atom. The molecule has 0 aliphatic carbocycles. The molecule has 0 heterocycles. The molecule has 7 heteroatoms. The van der Waals surface area contributed by atoms with Crippen LogP contribution in [0.5, 0.6) is 11.5 Å². The van der Waals surface area contributed by atoms with E-state index in [-0.39, 0.29) is 19.0 Å². The van der Waals surface area contributed by atoms with Gasteiger partial charge in [0.25, 0.3) is 5.91 Å². The van der Waals surface area contributed by atoms with E-state index in [9.17, 15) is 4.79 Å². The number of nitrogens with two attached hydrogens (primary N) is 1. The second-order valence-electron chi connectivity index (χ2n) is 4.01. The van der Waals surface area contributed by atoms with E-state index in [1.165, 1.54) is 0 Å². The van der Waals surface area contributed by atoms with E-state index in [2.05, 4.69) is 27.8 Å². The maximum absolute atomic E-state index is 10.8. The molecule has 1 rings (SSSR count). The van der Waals surface area contributed by atoms with Crippen molar-refractivity contribution in [1.29, 1.82) is 0 Å². The van der Waals surface area contributed by atoms with Crippen molar-refractivity contribution in [3.63, 3.8) is 0 Å². The van der Waals surface area contributed by atoms with E-state index < -0.39 is 5.91 Å². The first kappa shape index (κ1) is 19.8. The van der Waals surface area contributed by atoms with Crippen LogP contribution in [-0.2, 0) is 11.3 Å². The third kappa shape index (κ3) is 6.84. The smallest absolute Gasteiger partial charge is 0.255 e. The average molecular weight is 380 g/mol. The average Bonchev–Trinajstić information content (AvgIpc) is 2.38. The fourth-order valence-corrected chi connectivity index (χ4v) is 2.19. The molecule has 0 aliphatic rings. The number of rotatable bonds is 9. The number of hydrogen-bond acceptors (Lipinski definition) is 4. The molecule has 0 aliphatic heterocycles. The van der Waals surface area contributed by atoms with Gasteiger partial charge in [-0.3, -0.25) is 4.79 Å². The second-order valence-corrected chi connectivity index (χ2v) is 4.87. The van der Waals surface area contributed by atoms with Gasteiger partial charge in [-0.25, -0.2) is 0 Å². The van der Waals surface area contributed by atoms with E-state index in [1.54, 1.807) is 6.08 Å². The van der Waals surface area contributed by atoms with Gasteiger partial charge in [0, 0.05) is 13.1 Å². The summed E-state index contributed by atoms with van der Waals surface area (Å²) in [7, 11) is 0. The summed E-state index contributed by atoms with van der Waals surface area (Å²) in [5, 5.41) is 3.21. The lowest BCUT2D eigenvalue weighted by molar-refractivity contribution is -0.119. The van der Waals surface area contributed by atoms with E-state index in [0.29, 0.717) is 24.7 Å². The Labute approximate surface area is 139 Å². The minimum atomic E-state index is -0.531. The number of primary amides is 1. The monoisotopic (exact) mass is 378 g/mol. The molecule has 0 bridgehead atoms. The fraction of sp³-hybridized carbons (Fsp3) is 0.357. The van der Waals surface area contributed by atoms with Crippen LogP contribution in [0.15, 0.2) is 29.3 Å². The van der Waals surface area contributed by atoms with Crippen LogP contribution in [0, 0.1) is 0 Å². The highest BCUT2D eigenvalue weighted by Gasteiger charge is 2.13. The van der Waals surface area contributed by atoms with Crippen molar-refractivity contribution >= 4 is 34.2 Å². The molecule has 1 aromatic carbocycles. The topological polar surface area (TPSA) is 73.6 Å². The van der Waals surface area contributed by atoms with Crippen LogP contribution in [0.3, 0.4) is 0 Å². The van der Waals surface area contributed by atoms with Crippen LogP contribution in [0.4, 0.5) is 0 Å². The Morgan fingerprint density at radius 3 is 2.76 bits per heavy atom. The Morgan fingerprint density at radius 1 is 1.48 bits per heavy atom. The Kier molecular flexibility index (Phi) is 9.86. The largest absolute Gasteiger partial charge is 0.490 e. The fourth-order valence-electron chi connectivity index (χ4n) is 1.59. The normalized spacial score (nSPS) is 9.62. The van der Waals surface area contributed by atoms with Gasteiger partial charge >= 0.3 is 0 Å². The molecule has 0 radical (unpaired) electrons. The first-order valence-corrected chi connectivity index (χ1v) is 7.05. The minimum absolute atomic E-state index is 0. The molecule has 0 atom stereocenters. The molecule has 0 aromatic heterocycles. The molecule has 118 valence electrons. The lowest BCUT2D eigenvalue weighted by Crippen LogP contribution is -2.20. The van der Waals surface area contributed by atoms with E-state index in [4.69, 9.17) is 15.2 Å². The number of carbonyl (C=O) groups excluding carboxylic acids is 1. The van der Waals surface area contributed by atoms with Crippen LogP contribution < -0.4 is 20.5 Å². The molecule has 5 nitrogen and oxygen atoms in total. The van der Waals surface area contributed by atoms with E-state index in [1.807, 2.05) is 19.1 Å². The molecule has 3 N–H and O–H groups in total. The van der Waals surface area contributed by atoms with Crippen LogP contribution in [0.1, 0.15) is 12.5 Å². The zero-order valence-corrected chi connectivity index (χ0v) is 14.3. The first-order valence-electron chi connectivity index (χ1n) is 6.26. The lowest BCUT2D eigenvalue weighted by atomic mass is 10.2. The summed E-state index contributed by atoms with van der Waals surface area (Å²) in [4.78, 5) is 10.8. The Bertz CT molecular complexity index is 484. The molecular formula is C14H20BrClN2O3. The highest BCUT2D eigenvalue weighted by atomic mass is 79.9. The Hall–Kier alpha value is -1.24. The highest BCUT2D eigenvalue weighted by Crippen LogP contribution is 2.36. The highest BCUT2D eigenvalue weighted by molar-refractivity contribution is 9.10. The molecule has 0 unspecified atom stereocenters. The lowest BCUT2D eigenvalue weighted by Gasteiger charge is -2.15. The summed E-state index contributed by atoms with van der Waals surface area (Å²) >= 11 is 3.42. The predicted octanol–water partition coefficient (Wildman–Crippen LogP) is 2.41. The standard InChI is InChI=1S/C14H19BrN2O3.ClH/c1-3-5-17-8-10-6-11(15)14(20-9-13(16)18)12(7-10)19-4-2;/h3,6-7,17H,1,4-5,8-9H2,2H3,(H2,16,18);1H. The molecule has 1 amide bonds. The van der Waals surface area contributed by atoms with Gasteiger partial charge in [0.2, 0.25) is 0 Å². The number of benzene rings is 1. The van der Waals surface area contributed by atoms with Crippen molar-refractivity contribution in [2.75, 3.05) is 19.8 Å². The predicted molar refractivity (Wildman–Crippen MR) is 89.2 cm³/mol. The van der Waals surface area contributed by atoms with E-state index >= 15 is 0 Å². The summed E-state index contributed by atoms with van der Waals surface area (Å²) < 4.78 is 11.6. The number of halogens is 2. The van der Waals surface area contributed by atoms with Crippen LogP contribution in [0.25, 0.3) is 0 Å². The quantitative estimate of drug-likeness (QED) is 0.510. The van der Waals surface area contributed by atoms with Crippen molar-refractivity contribution in [2.45, 2.75) is 13.5 Å². The van der Waals surface area contributed by atoms with Gasteiger partial charge in [0.05, 0.1) is 11.1 Å². The van der Waals surface area contributed by atoms with Crippen molar-refractivity contribution in [1.82, 2.24) is 5.32 Å². The third-order valence-electron chi connectivity index (χ3n) is 2.35. The maximum atomic E-state index is 10.8. The third-order valence-corrected chi connectivity index (χ3v) is 2.93. The zero-order chi connectivity index (χ0) is 15.0. The van der Waals surface area contributed by atoms with Crippen molar-refractivity contribution < 1.29 is 14.3 Å². The maximum Gasteiger partial charge on any atom is 0.255 e. The number of carbonyl (C=O) groups is 1. The molecule has 0 fully saturated rings. The molecule has 1 aromatic rings. The van der Waals surface area contributed by atoms with Crippen LogP contribution >= 0.6 is 28.3 Å². The Balaban J connectivity index is 0.00000400. The SMILES string of the molecule is C=CCNCc1cc(Br)c(OCC(N)=O)c(OCC)c1.Cl. The summed E-state index contributed by atoms with van der Waals surface area (Å²) in [6.07, 6.45) is 1.79. The van der Waals surface area contributed by atoms with Crippen molar-refractivity contribution in [3.05, 3.63) is 34.8 Å². The second kappa shape index (κ2) is 10.5. The first-order chi connectivity index (χ1) is 9.58. The molecule has 0 saturated heterocycles. The van der Waals surface area contributed by atoms with Crippen LogP contribution in [-0.4, -0.2) is 25.7 Å². The molecular weight excluding hydrogens is 360 g/mol. The van der Waals surface area contributed by atoms with Gasteiger partial charge in [0.15, 0.2) is 18.1 Å².